The van der Waals surface area contributed by atoms with Crippen molar-refractivity contribution in [2.75, 3.05) is 0 Å². The molecule has 0 bridgehead atoms. The molecule has 1 radical (unpaired) electrons. The molecule has 0 amide bonds. The Labute approximate surface area is 242 Å². The zero-order valence-electron chi connectivity index (χ0n) is 20.1. The second-order valence-corrected chi connectivity index (χ2v) is 9.92. The molecule has 0 spiro atoms. The van der Waals surface area contributed by atoms with Gasteiger partial charge in [0.15, 0.2) is 5.78 Å². The van der Waals surface area contributed by atoms with Crippen LogP contribution in [0.15, 0.2) is 102 Å². The van der Waals surface area contributed by atoms with Crippen LogP contribution in [0.2, 0.25) is 0 Å². The van der Waals surface area contributed by atoms with Gasteiger partial charge in [-0.2, -0.15) is 0 Å². The first-order valence-electron chi connectivity index (χ1n) is 10.9. The van der Waals surface area contributed by atoms with Crippen molar-refractivity contribution in [3.05, 3.63) is 119 Å². The average Bonchev–Trinajstić information content (AvgIpc) is 2.90. The summed E-state index contributed by atoms with van der Waals surface area (Å²) in [7, 11) is 2.43. The van der Waals surface area contributed by atoms with Crippen molar-refractivity contribution in [2.24, 2.45) is 0 Å². The van der Waals surface area contributed by atoms with Crippen LogP contribution in [0.1, 0.15) is 32.3 Å². The Morgan fingerprint density at radius 1 is 0.917 bits per heavy atom. The summed E-state index contributed by atoms with van der Waals surface area (Å²) in [6.45, 7) is 2.25. The molecule has 2 unspecified atom stereocenters. The predicted molar refractivity (Wildman–Crippen MR) is 156 cm³/mol. The number of aryl methyl sites for hydroxylation is 1. The van der Waals surface area contributed by atoms with Crippen LogP contribution < -0.4 is 8.92 Å². The minimum absolute atomic E-state index is 0. The molecule has 4 aromatic rings. The number of phenolic OH excluding ortho intramolecular Hbond substituents is 1. The number of benzene rings is 4. The van der Waals surface area contributed by atoms with E-state index in [9.17, 15) is 9.90 Å². The van der Waals surface area contributed by atoms with E-state index in [-0.39, 0.29) is 38.8 Å². The molecular formula is C28H27O4PS2Tl. The number of hydrogen-bond donors (Lipinski definition) is 1. The summed E-state index contributed by atoms with van der Waals surface area (Å²) in [6.07, 6.45) is 0. The minimum atomic E-state index is -0.547. The quantitative estimate of drug-likeness (QED) is 0.0632. The molecule has 8 heteroatoms. The maximum absolute atomic E-state index is 13.6. The number of rotatable bonds is 10. The molecule has 2 atom stereocenters. The molecule has 0 aromatic heterocycles. The number of Topliss-reactive ketones (excluding diaryl/α,β-unsaturated/α-hetero) is 1. The van der Waals surface area contributed by atoms with Gasteiger partial charge in [0, 0.05) is 5.56 Å². The van der Waals surface area contributed by atoms with Crippen LogP contribution in [0.25, 0.3) is 0 Å². The molecule has 0 aliphatic heterocycles. The number of thioether (sulfide) groups is 1. The van der Waals surface area contributed by atoms with E-state index in [1.165, 1.54) is 23.4 Å². The summed E-state index contributed by atoms with van der Waals surface area (Å²) in [5.41, 5.74) is 3.17. The van der Waals surface area contributed by atoms with Crippen molar-refractivity contribution < 1.29 is 18.8 Å². The molecular weight excluding hydrogens is 700 g/mol. The summed E-state index contributed by atoms with van der Waals surface area (Å²) < 4.78 is 11.4. The molecule has 0 aliphatic carbocycles. The van der Waals surface area contributed by atoms with Crippen molar-refractivity contribution in [1.29, 1.82) is 0 Å². The van der Waals surface area contributed by atoms with Crippen molar-refractivity contribution in [2.45, 2.75) is 23.7 Å². The van der Waals surface area contributed by atoms with Crippen LogP contribution in [-0.4, -0.2) is 38.2 Å². The Morgan fingerprint density at radius 3 is 2.19 bits per heavy atom. The fraction of sp³-hybridized carbons (Fsp3) is 0.107. The second kappa shape index (κ2) is 14.1. The third-order valence-corrected chi connectivity index (χ3v) is 7.22. The molecule has 0 saturated carbocycles. The van der Waals surface area contributed by atoms with Crippen molar-refractivity contribution >= 4 is 64.9 Å². The molecule has 0 fully saturated rings. The van der Waals surface area contributed by atoms with Gasteiger partial charge in [0.1, 0.15) is 23.9 Å². The van der Waals surface area contributed by atoms with Gasteiger partial charge in [0.25, 0.3) is 0 Å². The third kappa shape index (κ3) is 7.51. The number of phenols is 1. The Bertz CT molecular complexity index is 1270. The fourth-order valence-corrected chi connectivity index (χ4v) is 5.34. The van der Waals surface area contributed by atoms with Crippen LogP contribution in [0.5, 0.6) is 17.2 Å². The normalized spacial score (nSPS) is 11.3. The summed E-state index contributed by atoms with van der Waals surface area (Å²) >= 11 is 2.49. The standard InChI is InChI=1S/C28H25O4PS2.Tl.2H/c1-19-16-24(31-18-20-8-4-2-5-9-20)17-25(26(19)29)34-28(22-10-6-3-7-11-22)27(30)21-12-14-23(15-13-21)32-35-33;;;/h2-17,28-29H,18,33H2,1H3;;;. The Balaban J connectivity index is 0.00000361. The molecule has 0 aliphatic rings. The summed E-state index contributed by atoms with van der Waals surface area (Å²) in [5.74, 6) is 1.40. The predicted octanol–water partition coefficient (Wildman–Crippen LogP) is 6.90. The van der Waals surface area contributed by atoms with E-state index in [1.807, 2.05) is 73.7 Å². The zero-order chi connectivity index (χ0) is 24.6. The average molecular weight is 727 g/mol. The van der Waals surface area contributed by atoms with E-state index < -0.39 is 5.25 Å². The second-order valence-electron chi connectivity index (χ2n) is 7.84. The van der Waals surface area contributed by atoms with Gasteiger partial charge in [0.05, 0.1) is 21.8 Å². The summed E-state index contributed by atoms with van der Waals surface area (Å²) in [4.78, 5) is 14.2. The molecule has 0 saturated heterocycles. The van der Waals surface area contributed by atoms with Gasteiger partial charge in [-0.15, -0.1) is 11.8 Å². The van der Waals surface area contributed by atoms with Gasteiger partial charge >= 0.3 is 27.3 Å². The van der Waals surface area contributed by atoms with Crippen LogP contribution in [0.4, 0.5) is 0 Å². The molecule has 183 valence electrons. The van der Waals surface area contributed by atoms with Gasteiger partial charge in [-0.3, -0.25) is 4.79 Å². The Kier molecular flexibility index (Phi) is 11.2. The van der Waals surface area contributed by atoms with E-state index in [4.69, 9.17) is 8.92 Å². The molecule has 4 nitrogen and oxygen atoms in total. The van der Waals surface area contributed by atoms with Crippen LogP contribution in [0, 0.1) is 6.92 Å². The van der Waals surface area contributed by atoms with Gasteiger partial charge in [0.2, 0.25) is 0 Å². The van der Waals surface area contributed by atoms with E-state index in [2.05, 4.69) is 8.44 Å². The van der Waals surface area contributed by atoms with Gasteiger partial charge in [-0.25, -0.2) is 0 Å². The molecule has 4 aromatic carbocycles. The first kappa shape index (κ1) is 28.6. The van der Waals surface area contributed by atoms with Crippen LogP contribution in [-0.2, 0) is 6.61 Å². The number of carbonyl (C=O) groups excluding carboxylic acids is 1. The number of ketones is 1. The van der Waals surface area contributed by atoms with Crippen molar-refractivity contribution in [3.63, 3.8) is 0 Å². The molecule has 36 heavy (non-hydrogen) atoms. The number of carbonyl (C=O) groups is 1. The topological polar surface area (TPSA) is 55.8 Å². The van der Waals surface area contributed by atoms with E-state index >= 15 is 0 Å². The number of hydrogen-bond acceptors (Lipinski definition) is 6. The molecule has 1 N–H and O–H groups in total. The monoisotopic (exact) mass is 727 g/mol. The van der Waals surface area contributed by atoms with Gasteiger partial charge in [-0.05, 0) is 68.5 Å². The zero-order valence-corrected chi connectivity index (χ0v) is 30.7. The first-order chi connectivity index (χ1) is 17.0. The van der Waals surface area contributed by atoms with E-state index in [0.29, 0.717) is 34.1 Å². The Morgan fingerprint density at radius 2 is 1.56 bits per heavy atom. The van der Waals surface area contributed by atoms with Crippen LogP contribution >= 0.6 is 31.9 Å². The number of aromatic hydroxyl groups is 1. The third-order valence-electron chi connectivity index (χ3n) is 5.36. The SMILES string of the molecule is Cc1cc(OCc2ccccc2)cc(SC(C(=O)c2ccc(OSP)cc2)c2ccccc2)c1O.[TlH2]. The Hall–Kier alpha value is -2.00. The van der Waals surface area contributed by atoms with Gasteiger partial charge in [-0.1, -0.05) is 60.7 Å². The maximum atomic E-state index is 13.6. The van der Waals surface area contributed by atoms with E-state index in [0.717, 1.165) is 11.1 Å². The van der Waals surface area contributed by atoms with Crippen LogP contribution in [0.3, 0.4) is 0 Å². The summed E-state index contributed by atoms with van der Waals surface area (Å²) in [5, 5.41) is 10.3. The van der Waals surface area contributed by atoms with E-state index in [1.54, 1.807) is 30.3 Å². The van der Waals surface area contributed by atoms with Gasteiger partial charge < -0.3 is 14.0 Å². The van der Waals surface area contributed by atoms with Crippen molar-refractivity contribution in [3.8, 4) is 17.2 Å². The van der Waals surface area contributed by atoms with Crippen molar-refractivity contribution in [1.82, 2.24) is 0 Å². The molecule has 0 heterocycles. The first-order valence-corrected chi connectivity index (χ1v) is 14.0. The fourth-order valence-electron chi connectivity index (χ4n) is 3.54. The number of ether oxygens (including phenoxy) is 1. The molecule has 4 rings (SSSR count). The summed E-state index contributed by atoms with van der Waals surface area (Å²) in [6, 6.07) is 30.2.